The fraction of sp³-hybridized carbons (Fsp3) is 0.200. The van der Waals surface area contributed by atoms with Gasteiger partial charge in [0.05, 0.1) is 13.0 Å². The van der Waals surface area contributed by atoms with Crippen molar-refractivity contribution in [1.82, 2.24) is 4.98 Å². The molecule has 0 atom stereocenters. The van der Waals surface area contributed by atoms with Gasteiger partial charge in [0.15, 0.2) is 0 Å². The molecule has 0 radical (unpaired) electrons. The van der Waals surface area contributed by atoms with Crippen molar-refractivity contribution < 1.29 is 9.53 Å². The molecule has 5 heteroatoms. The molecule has 4 nitrogen and oxygen atoms in total. The van der Waals surface area contributed by atoms with Gasteiger partial charge in [0.25, 0.3) is 0 Å². The molecule has 0 aliphatic heterocycles. The second-order valence-electron chi connectivity index (χ2n) is 4.20. The van der Waals surface area contributed by atoms with E-state index < -0.39 is 0 Å². The van der Waals surface area contributed by atoms with Crippen molar-refractivity contribution in [3.8, 4) is 5.75 Å². The second kappa shape index (κ2) is 7.05. The van der Waals surface area contributed by atoms with Gasteiger partial charge in [0.2, 0.25) is 5.91 Å². The summed E-state index contributed by atoms with van der Waals surface area (Å²) >= 11 is 3.36. The van der Waals surface area contributed by atoms with Crippen molar-refractivity contribution in [2.75, 3.05) is 18.6 Å². The number of aromatic nitrogens is 1. The van der Waals surface area contributed by atoms with Crippen molar-refractivity contribution in [1.29, 1.82) is 0 Å². The zero-order valence-corrected chi connectivity index (χ0v) is 12.7. The topological polar surface area (TPSA) is 42.4 Å². The van der Waals surface area contributed by atoms with Crippen LogP contribution in [0.2, 0.25) is 0 Å². The van der Waals surface area contributed by atoms with Crippen LogP contribution in [0.5, 0.6) is 5.75 Å². The smallest absolute Gasteiger partial charge is 0.231 e. The second-order valence-corrected chi connectivity index (χ2v) is 5.11. The highest BCUT2D eigenvalue weighted by Crippen LogP contribution is 2.16. The molecule has 0 N–H and O–H groups in total. The Hall–Kier alpha value is -1.88. The summed E-state index contributed by atoms with van der Waals surface area (Å²) in [6, 6.07) is 13.1. The molecule has 0 fully saturated rings. The standard InChI is InChI=1S/C15H15BrN2O2/c1-18(14-11-12(16)7-9-17-14)15(19)8-10-20-13-5-3-2-4-6-13/h2-7,9,11H,8,10H2,1H3. The van der Waals surface area contributed by atoms with E-state index >= 15 is 0 Å². The first-order valence-corrected chi connectivity index (χ1v) is 7.02. The predicted octanol–water partition coefficient (Wildman–Crippen LogP) is 3.28. The maximum Gasteiger partial charge on any atom is 0.231 e. The molecule has 104 valence electrons. The third-order valence-electron chi connectivity index (χ3n) is 2.75. The average molecular weight is 335 g/mol. The SMILES string of the molecule is CN(C(=O)CCOc1ccccc1)c1cc(Br)ccn1. The summed E-state index contributed by atoms with van der Waals surface area (Å²) < 4.78 is 6.40. The van der Waals surface area contributed by atoms with Gasteiger partial charge in [-0.15, -0.1) is 0 Å². The van der Waals surface area contributed by atoms with Crippen LogP contribution < -0.4 is 9.64 Å². The Kier molecular flexibility index (Phi) is 5.12. The highest BCUT2D eigenvalue weighted by molar-refractivity contribution is 9.10. The molecule has 1 heterocycles. The Morgan fingerprint density at radius 3 is 2.75 bits per heavy atom. The van der Waals surface area contributed by atoms with Crippen molar-refractivity contribution in [2.24, 2.45) is 0 Å². The lowest BCUT2D eigenvalue weighted by atomic mass is 10.3. The molecule has 0 saturated carbocycles. The minimum atomic E-state index is -0.0356. The number of benzene rings is 1. The van der Waals surface area contributed by atoms with Crippen molar-refractivity contribution in [2.45, 2.75) is 6.42 Å². The van der Waals surface area contributed by atoms with Gasteiger partial charge in [-0.2, -0.15) is 0 Å². The molecule has 2 rings (SSSR count). The van der Waals surface area contributed by atoms with Gasteiger partial charge in [-0.25, -0.2) is 4.98 Å². The number of hydrogen-bond donors (Lipinski definition) is 0. The number of halogens is 1. The number of pyridine rings is 1. The Balaban J connectivity index is 1.85. The van der Waals surface area contributed by atoms with E-state index in [9.17, 15) is 4.79 Å². The van der Waals surface area contributed by atoms with Crippen LogP contribution >= 0.6 is 15.9 Å². The summed E-state index contributed by atoms with van der Waals surface area (Å²) in [5.41, 5.74) is 0. The minimum absolute atomic E-state index is 0.0356. The summed E-state index contributed by atoms with van der Waals surface area (Å²) in [4.78, 5) is 17.7. The average Bonchev–Trinajstić information content (AvgIpc) is 2.47. The molecule has 0 aliphatic carbocycles. The Morgan fingerprint density at radius 1 is 1.30 bits per heavy atom. The number of para-hydroxylation sites is 1. The van der Waals surface area contributed by atoms with Crippen LogP contribution in [0, 0.1) is 0 Å². The number of carbonyl (C=O) groups is 1. The molecule has 0 spiro atoms. The lowest BCUT2D eigenvalue weighted by molar-refractivity contribution is -0.118. The van der Waals surface area contributed by atoms with E-state index in [4.69, 9.17) is 4.74 Å². The first-order chi connectivity index (χ1) is 9.66. The molecule has 0 saturated heterocycles. The molecule has 0 bridgehead atoms. The fourth-order valence-electron chi connectivity index (χ4n) is 1.65. The van der Waals surface area contributed by atoms with E-state index in [0.717, 1.165) is 10.2 Å². The summed E-state index contributed by atoms with van der Waals surface area (Å²) in [5.74, 6) is 1.35. The number of rotatable bonds is 5. The van der Waals surface area contributed by atoms with Gasteiger partial charge in [0.1, 0.15) is 11.6 Å². The Morgan fingerprint density at radius 2 is 2.05 bits per heavy atom. The molecular weight excluding hydrogens is 320 g/mol. The predicted molar refractivity (Wildman–Crippen MR) is 81.9 cm³/mol. The lowest BCUT2D eigenvalue weighted by Crippen LogP contribution is -2.28. The summed E-state index contributed by atoms with van der Waals surface area (Å²) in [7, 11) is 1.71. The summed E-state index contributed by atoms with van der Waals surface area (Å²) in [6.45, 7) is 0.348. The van der Waals surface area contributed by atoms with E-state index in [1.54, 1.807) is 19.3 Å². The number of ether oxygens (including phenoxy) is 1. The van der Waals surface area contributed by atoms with E-state index in [-0.39, 0.29) is 5.91 Å². The van der Waals surface area contributed by atoms with Crippen molar-refractivity contribution in [3.05, 3.63) is 53.1 Å². The van der Waals surface area contributed by atoms with Gasteiger partial charge in [-0.3, -0.25) is 9.69 Å². The molecule has 0 aliphatic rings. The lowest BCUT2D eigenvalue weighted by Gasteiger charge is -2.16. The van der Waals surface area contributed by atoms with Crippen LogP contribution in [0.15, 0.2) is 53.1 Å². The zero-order valence-electron chi connectivity index (χ0n) is 11.1. The Labute approximate surface area is 126 Å². The van der Waals surface area contributed by atoms with Gasteiger partial charge in [-0.1, -0.05) is 34.1 Å². The third-order valence-corrected chi connectivity index (χ3v) is 3.25. The highest BCUT2D eigenvalue weighted by Gasteiger charge is 2.12. The first-order valence-electron chi connectivity index (χ1n) is 6.23. The molecular formula is C15H15BrN2O2. The van der Waals surface area contributed by atoms with Crippen LogP contribution in [-0.4, -0.2) is 24.5 Å². The van der Waals surface area contributed by atoms with Crippen molar-refractivity contribution >= 4 is 27.7 Å². The van der Waals surface area contributed by atoms with Gasteiger partial charge < -0.3 is 4.74 Å². The Bertz CT molecular complexity index is 575. The molecule has 0 unspecified atom stereocenters. The number of nitrogens with zero attached hydrogens (tertiary/aromatic N) is 2. The van der Waals surface area contributed by atoms with E-state index in [1.165, 1.54) is 4.90 Å². The van der Waals surface area contributed by atoms with Crippen LogP contribution in [0.3, 0.4) is 0 Å². The number of anilines is 1. The highest BCUT2D eigenvalue weighted by atomic mass is 79.9. The first kappa shape index (κ1) is 14.5. The summed E-state index contributed by atoms with van der Waals surface area (Å²) in [6.07, 6.45) is 1.96. The van der Waals surface area contributed by atoms with E-state index in [1.807, 2.05) is 36.4 Å². The van der Waals surface area contributed by atoms with Crippen molar-refractivity contribution in [3.63, 3.8) is 0 Å². The number of amides is 1. The van der Waals surface area contributed by atoms with Crippen LogP contribution in [0.25, 0.3) is 0 Å². The molecule has 1 amide bonds. The van der Waals surface area contributed by atoms with E-state index in [0.29, 0.717) is 18.8 Å². The number of carbonyl (C=O) groups excluding carboxylic acids is 1. The number of hydrogen-bond acceptors (Lipinski definition) is 3. The molecule has 1 aromatic carbocycles. The third kappa shape index (κ3) is 4.06. The van der Waals surface area contributed by atoms with Crippen LogP contribution in [0.4, 0.5) is 5.82 Å². The van der Waals surface area contributed by atoms with Crippen LogP contribution in [-0.2, 0) is 4.79 Å². The molecule has 1 aromatic heterocycles. The molecule has 20 heavy (non-hydrogen) atoms. The van der Waals surface area contributed by atoms with Crippen LogP contribution in [0.1, 0.15) is 6.42 Å². The maximum absolute atomic E-state index is 12.0. The summed E-state index contributed by atoms with van der Waals surface area (Å²) in [5, 5.41) is 0. The minimum Gasteiger partial charge on any atom is -0.493 e. The van der Waals surface area contributed by atoms with E-state index in [2.05, 4.69) is 20.9 Å². The van der Waals surface area contributed by atoms with Gasteiger partial charge in [-0.05, 0) is 24.3 Å². The monoisotopic (exact) mass is 334 g/mol. The largest absolute Gasteiger partial charge is 0.493 e. The van der Waals surface area contributed by atoms with Gasteiger partial charge in [0, 0.05) is 17.7 Å². The normalized spacial score (nSPS) is 10.1. The quantitative estimate of drug-likeness (QED) is 0.842. The van der Waals surface area contributed by atoms with Gasteiger partial charge >= 0.3 is 0 Å². The maximum atomic E-state index is 12.0. The fourth-order valence-corrected chi connectivity index (χ4v) is 1.97. The molecule has 2 aromatic rings. The zero-order chi connectivity index (χ0) is 14.4.